The Morgan fingerprint density at radius 1 is 1.23 bits per heavy atom. The zero-order valence-electron chi connectivity index (χ0n) is 14.2. The number of H-pyrrole nitrogens is 1. The molecule has 8 nitrogen and oxygen atoms in total. The quantitative estimate of drug-likeness (QED) is 0.427. The van der Waals surface area contributed by atoms with E-state index in [-0.39, 0.29) is 11.5 Å². The molecule has 0 atom stereocenters. The fourth-order valence-corrected chi connectivity index (χ4v) is 3.11. The predicted octanol–water partition coefficient (Wildman–Crippen LogP) is 2.91. The van der Waals surface area contributed by atoms with Gasteiger partial charge in [0, 0.05) is 5.92 Å². The minimum atomic E-state index is -0.229. The lowest BCUT2D eigenvalue weighted by Crippen LogP contribution is -2.09. The molecule has 4 aromatic rings. The van der Waals surface area contributed by atoms with Gasteiger partial charge in [-0.05, 0) is 12.1 Å². The van der Waals surface area contributed by atoms with Crippen LogP contribution in [-0.2, 0) is 5.75 Å². The van der Waals surface area contributed by atoms with Crippen LogP contribution < -0.4 is 5.56 Å². The molecule has 0 fully saturated rings. The molecule has 1 aromatic carbocycles. The lowest BCUT2D eigenvalue weighted by atomic mass is 10.2. The Hall–Kier alpha value is -2.94. The van der Waals surface area contributed by atoms with Crippen LogP contribution in [0.1, 0.15) is 31.5 Å². The highest BCUT2D eigenvalue weighted by molar-refractivity contribution is 7.98. The molecule has 3 heterocycles. The standard InChI is InChI=1S/C17H16N6O2S/c1-10(2)14-19-13(25-22-14)9-26-17-20-15-12(16(24)21-17)8-18-23(15)11-6-4-3-5-7-11/h3-8,10H,9H2,1-2H3,(H,20,21,24). The van der Waals surface area contributed by atoms with Gasteiger partial charge >= 0.3 is 0 Å². The van der Waals surface area contributed by atoms with Crippen LogP contribution in [0.5, 0.6) is 0 Å². The van der Waals surface area contributed by atoms with Crippen molar-refractivity contribution < 1.29 is 4.52 Å². The maximum Gasteiger partial charge on any atom is 0.262 e. The molecule has 0 aliphatic rings. The van der Waals surface area contributed by atoms with Crippen LogP contribution in [0.15, 0.2) is 51.0 Å². The van der Waals surface area contributed by atoms with Gasteiger partial charge in [-0.25, -0.2) is 9.67 Å². The van der Waals surface area contributed by atoms with Crippen molar-refractivity contribution in [3.8, 4) is 5.69 Å². The Balaban J connectivity index is 1.64. The van der Waals surface area contributed by atoms with Crippen molar-refractivity contribution in [3.05, 3.63) is 58.6 Å². The zero-order valence-corrected chi connectivity index (χ0v) is 15.0. The van der Waals surface area contributed by atoms with Crippen molar-refractivity contribution in [2.24, 2.45) is 0 Å². The minimum Gasteiger partial charge on any atom is -0.338 e. The first kappa shape index (κ1) is 16.5. The Bertz CT molecular complexity index is 1100. The van der Waals surface area contributed by atoms with Gasteiger partial charge in [0.05, 0.1) is 17.6 Å². The number of aromatic amines is 1. The number of fused-ring (bicyclic) bond motifs is 1. The van der Waals surface area contributed by atoms with Crippen LogP contribution in [0, 0.1) is 0 Å². The van der Waals surface area contributed by atoms with Gasteiger partial charge in [-0.3, -0.25) is 4.79 Å². The van der Waals surface area contributed by atoms with Gasteiger partial charge in [0.15, 0.2) is 16.6 Å². The second kappa shape index (κ2) is 6.75. The molecular formula is C17H16N6O2S. The summed E-state index contributed by atoms with van der Waals surface area (Å²) < 4.78 is 6.88. The van der Waals surface area contributed by atoms with Gasteiger partial charge in [0.25, 0.3) is 5.56 Å². The van der Waals surface area contributed by atoms with Gasteiger partial charge in [-0.1, -0.05) is 49.0 Å². The lowest BCUT2D eigenvalue weighted by molar-refractivity contribution is 0.383. The maximum absolute atomic E-state index is 12.3. The number of thioether (sulfide) groups is 1. The molecule has 0 unspecified atom stereocenters. The number of aromatic nitrogens is 6. The first-order valence-electron chi connectivity index (χ1n) is 8.10. The fraction of sp³-hybridized carbons (Fsp3) is 0.235. The van der Waals surface area contributed by atoms with Crippen molar-refractivity contribution in [1.82, 2.24) is 29.9 Å². The van der Waals surface area contributed by atoms with E-state index in [1.54, 1.807) is 4.68 Å². The Labute approximate surface area is 152 Å². The molecule has 0 amide bonds. The van der Waals surface area contributed by atoms with E-state index in [1.165, 1.54) is 18.0 Å². The monoisotopic (exact) mass is 368 g/mol. The summed E-state index contributed by atoms with van der Waals surface area (Å²) in [6, 6.07) is 9.57. The first-order valence-corrected chi connectivity index (χ1v) is 9.09. The molecule has 0 aliphatic heterocycles. The molecule has 1 N–H and O–H groups in total. The van der Waals surface area contributed by atoms with E-state index in [4.69, 9.17) is 4.52 Å². The number of benzene rings is 1. The van der Waals surface area contributed by atoms with E-state index < -0.39 is 0 Å². The average Bonchev–Trinajstić information content (AvgIpc) is 3.28. The molecule has 0 aliphatic carbocycles. The lowest BCUT2D eigenvalue weighted by Gasteiger charge is -2.03. The summed E-state index contributed by atoms with van der Waals surface area (Å²) in [6.45, 7) is 4.00. The summed E-state index contributed by atoms with van der Waals surface area (Å²) >= 11 is 1.33. The third-order valence-corrected chi connectivity index (χ3v) is 4.61. The Kier molecular flexibility index (Phi) is 4.29. The fourth-order valence-electron chi connectivity index (χ4n) is 2.42. The summed E-state index contributed by atoms with van der Waals surface area (Å²) in [4.78, 5) is 24.0. The van der Waals surface area contributed by atoms with Crippen LogP contribution in [0.3, 0.4) is 0 Å². The van der Waals surface area contributed by atoms with E-state index in [9.17, 15) is 4.79 Å². The van der Waals surface area contributed by atoms with Crippen LogP contribution in [0.25, 0.3) is 16.7 Å². The van der Waals surface area contributed by atoms with Crippen LogP contribution in [-0.4, -0.2) is 29.9 Å². The third-order valence-electron chi connectivity index (χ3n) is 3.75. The molecule has 0 bridgehead atoms. The van der Waals surface area contributed by atoms with E-state index in [0.717, 1.165) is 5.69 Å². The Morgan fingerprint density at radius 2 is 2.04 bits per heavy atom. The highest BCUT2D eigenvalue weighted by atomic mass is 32.2. The van der Waals surface area contributed by atoms with Crippen molar-refractivity contribution >= 4 is 22.8 Å². The predicted molar refractivity (Wildman–Crippen MR) is 97.4 cm³/mol. The highest BCUT2D eigenvalue weighted by Gasteiger charge is 2.14. The topological polar surface area (TPSA) is 102 Å². The molecule has 0 spiro atoms. The number of para-hydroxylation sites is 1. The number of rotatable bonds is 5. The first-order chi connectivity index (χ1) is 12.6. The minimum absolute atomic E-state index is 0.201. The molecule has 0 radical (unpaired) electrons. The zero-order chi connectivity index (χ0) is 18.1. The summed E-state index contributed by atoms with van der Waals surface area (Å²) in [5.74, 6) is 1.79. The van der Waals surface area contributed by atoms with Gasteiger partial charge in [0.1, 0.15) is 5.39 Å². The molecule has 0 saturated carbocycles. The second-order valence-corrected chi connectivity index (χ2v) is 6.95. The van der Waals surface area contributed by atoms with E-state index in [2.05, 4.69) is 25.2 Å². The van der Waals surface area contributed by atoms with Gasteiger partial charge in [-0.2, -0.15) is 10.1 Å². The van der Waals surface area contributed by atoms with Crippen molar-refractivity contribution in [2.45, 2.75) is 30.7 Å². The normalized spacial score (nSPS) is 11.5. The van der Waals surface area contributed by atoms with E-state index in [0.29, 0.717) is 33.7 Å². The number of hydrogen-bond acceptors (Lipinski definition) is 7. The van der Waals surface area contributed by atoms with Crippen LogP contribution in [0.2, 0.25) is 0 Å². The maximum atomic E-state index is 12.3. The molecular weight excluding hydrogens is 352 g/mol. The number of nitrogens with zero attached hydrogens (tertiary/aromatic N) is 5. The second-order valence-electron chi connectivity index (χ2n) is 5.99. The number of hydrogen-bond donors (Lipinski definition) is 1. The SMILES string of the molecule is CC(C)c1noc(CSc2nc3c(cnn3-c3ccccc3)c(=O)[nH]2)n1. The number of nitrogens with one attached hydrogen (secondary N) is 1. The summed E-state index contributed by atoms with van der Waals surface area (Å²) in [6.07, 6.45) is 1.52. The highest BCUT2D eigenvalue weighted by Crippen LogP contribution is 2.21. The molecule has 9 heteroatoms. The molecule has 132 valence electrons. The van der Waals surface area contributed by atoms with E-state index in [1.807, 2.05) is 44.2 Å². The summed E-state index contributed by atoms with van der Waals surface area (Å²) in [7, 11) is 0. The smallest absolute Gasteiger partial charge is 0.262 e. The van der Waals surface area contributed by atoms with Crippen LogP contribution in [0.4, 0.5) is 0 Å². The van der Waals surface area contributed by atoms with Gasteiger partial charge in [-0.15, -0.1) is 0 Å². The summed E-state index contributed by atoms with van der Waals surface area (Å²) in [5, 5.41) is 9.15. The Morgan fingerprint density at radius 3 is 2.77 bits per heavy atom. The van der Waals surface area contributed by atoms with Crippen LogP contribution >= 0.6 is 11.8 Å². The van der Waals surface area contributed by atoms with Crippen molar-refractivity contribution in [2.75, 3.05) is 0 Å². The molecule has 26 heavy (non-hydrogen) atoms. The van der Waals surface area contributed by atoms with Gasteiger partial charge in [0.2, 0.25) is 5.89 Å². The molecule has 4 rings (SSSR count). The average molecular weight is 368 g/mol. The largest absolute Gasteiger partial charge is 0.338 e. The summed E-state index contributed by atoms with van der Waals surface area (Å²) in [5.41, 5.74) is 1.12. The van der Waals surface area contributed by atoms with Crippen molar-refractivity contribution in [3.63, 3.8) is 0 Å². The third kappa shape index (κ3) is 3.13. The van der Waals surface area contributed by atoms with E-state index >= 15 is 0 Å². The van der Waals surface area contributed by atoms with Crippen molar-refractivity contribution in [1.29, 1.82) is 0 Å². The van der Waals surface area contributed by atoms with Gasteiger partial charge < -0.3 is 9.51 Å². The molecule has 3 aromatic heterocycles. The molecule has 0 saturated heterocycles.